The normalized spacial score (nSPS) is 11.2. The van der Waals surface area contributed by atoms with Crippen LogP contribution in [0.15, 0.2) is 53.6 Å². The average molecular weight is 348 g/mol. The van der Waals surface area contributed by atoms with E-state index >= 15 is 0 Å². The molecule has 1 amide bonds. The summed E-state index contributed by atoms with van der Waals surface area (Å²) >= 11 is 0. The number of aromatic nitrogens is 1. The van der Waals surface area contributed by atoms with Crippen LogP contribution in [-0.4, -0.2) is 32.4 Å². The molecule has 0 saturated heterocycles. The molecule has 4 N–H and O–H groups in total. The largest absolute Gasteiger partial charge is 0.349 e. The first-order valence-corrected chi connectivity index (χ1v) is 8.99. The second kappa shape index (κ2) is 8.53. The molecule has 7 nitrogen and oxygen atoms in total. The van der Waals surface area contributed by atoms with Crippen LogP contribution in [-0.2, 0) is 27.8 Å². The van der Waals surface area contributed by atoms with Gasteiger partial charge in [-0.3, -0.25) is 9.78 Å². The Morgan fingerprint density at radius 1 is 1.12 bits per heavy atom. The molecule has 0 fully saturated rings. The molecule has 0 atom stereocenters. The highest BCUT2D eigenvalue weighted by Crippen LogP contribution is 2.08. The standard InChI is InChI=1S/C16H20N4O3S/c17-24(22,23)15-6-4-13(5-7-15)8-10-18-12-16(21)20-11-14-3-1-2-9-19-14/h1-7,9,18H,8,10-12H2,(H,20,21)(H2,17,22,23). The summed E-state index contributed by atoms with van der Waals surface area (Å²) in [7, 11) is -3.66. The van der Waals surface area contributed by atoms with Crippen molar-refractivity contribution in [3.63, 3.8) is 0 Å². The van der Waals surface area contributed by atoms with Gasteiger partial charge in [-0.05, 0) is 42.8 Å². The number of nitrogens with one attached hydrogen (secondary N) is 2. The van der Waals surface area contributed by atoms with Crippen molar-refractivity contribution in [1.82, 2.24) is 15.6 Å². The number of carbonyl (C=O) groups excluding carboxylic acids is 1. The van der Waals surface area contributed by atoms with Crippen molar-refractivity contribution in [3.8, 4) is 0 Å². The SMILES string of the molecule is NS(=O)(=O)c1ccc(CCNCC(=O)NCc2ccccn2)cc1. The van der Waals surface area contributed by atoms with Crippen molar-refractivity contribution in [2.45, 2.75) is 17.9 Å². The van der Waals surface area contributed by atoms with Crippen LogP contribution < -0.4 is 15.8 Å². The van der Waals surface area contributed by atoms with Gasteiger partial charge in [0.1, 0.15) is 0 Å². The number of nitrogens with two attached hydrogens (primary N) is 1. The maximum absolute atomic E-state index is 11.7. The van der Waals surface area contributed by atoms with Crippen LogP contribution >= 0.6 is 0 Å². The fourth-order valence-corrected chi connectivity index (χ4v) is 2.55. The maximum atomic E-state index is 11.7. The van der Waals surface area contributed by atoms with E-state index in [2.05, 4.69) is 15.6 Å². The molecule has 0 radical (unpaired) electrons. The van der Waals surface area contributed by atoms with Gasteiger partial charge >= 0.3 is 0 Å². The van der Waals surface area contributed by atoms with Crippen molar-refractivity contribution in [1.29, 1.82) is 0 Å². The minimum absolute atomic E-state index is 0.0908. The maximum Gasteiger partial charge on any atom is 0.238 e. The Morgan fingerprint density at radius 3 is 2.50 bits per heavy atom. The molecule has 1 aromatic heterocycles. The zero-order valence-electron chi connectivity index (χ0n) is 13.1. The van der Waals surface area contributed by atoms with Crippen LogP contribution in [0.5, 0.6) is 0 Å². The van der Waals surface area contributed by atoms with Gasteiger partial charge in [-0.2, -0.15) is 0 Å². The molecule has 0 saturated carbocycles. The highest BCUT2D eigenvalue weighted by molar-refractivity contribution is 7.89. The number of hydrogen-bond acceptors (Lipinski definition) is 5. The molecule has 2 rings (SSSR count). The molecular weight excluding hydrogens is 328 g/mol. The summed E-state index contributed by atoms with van der Waals surface area (Å²) in [6.07, 6.45) is 2.36. The van der Waals surface area contributed by atoms with Gasteiger partial charge in [0.15, 0.2) is 0 Å². The van der Waals surface area contributed by atoms with Crippen molar-refractivity contribution in [3.05, 3.63) is 59.9 Å². The summed E-state index contributed by atoms with van der Waals surface area (Å²) in [5.74, 6) is -0.106. The summed E-state index contributed by atoms with van der Waals surface area (Å²) in [6.45, 7) is 1.21. The lowest BCUT2D eigenvalue weighted by molar-refractivity contribution is -0.120. The van der Waals surface area contributed by atoms with Crippen LogP contribution in [0.3, 0.4) is 0 Å². The van der Waals surface area contributed by atoms with E-state index in [0.29, 0.717) is 19.5 Å². The minimum Gasteiger partial charge on any atom is -0.349 e. The molecule has 1 heterocycles. The van der Waals surface area contributed by atoms with Crippen LogP contribution in [0.2, 0.25) is 0 Å². The first kappa shape index (κ1) is 18.1. The smallest absolute Gasteiger partial charge is 0.238 e. The van der Waals surface area contributed by atoms with E-state index in [1.54, 1.807) is 18.3 Å². The van der Waals surface area contributed by atoms with Crippen LogP contribution in [0.1, 0.15) is 11.3 Å². The molecule has 0 bridgehead atoms. The molecule has 1 aromatic carbocycles. The van der Waals surface area contributed by atoms with Crippen LogP contribution in [0, 0.1) is 0 Å². The zero-order valence-corrected chi connectivity index (χ0v) is 13.9. The number of pyridine rings is 1. The first-order chi connectivity index (χ1) is 11.4. The van der Waals surface area contributed by atoms with E-state index in [-0.39, 0.29) is 17.3 Å². The number of carbonyl (C=O) groups is 1. The predicted molar refractivity (Wildman–Crippen MR) is 90.5 cm³/mol. The van der Waals surface area contributed by atoms with E-state index in [1.165, 1.54) is 12.1 Å². The predicted octanol–water partition coefficient (Wildman–Crippen LogP) is 0.178. The molecule has 0 aliphatic heterocycles. The minimum atomic E-state index is -3.66. The van der Waals surface area contributed by atoms with Gasteiger partial charge in [-0.25, -0.2) is 13.6 Å². The number of hydrogen-bond donors (Lipinski definition) is 3. The monoisotopic (exact) mass is 348 g/mol. The van der Waals surface area contributed by atoms with Crippen molar-refractivity contribution >= 4 is 15.9 Å². The van der Waals surface area contributed by atoms with Gasteiger partial charge in [-0.15, -0.1) is 0 Å². The lowest BCUT2D eigenvalue weighted by Gasteiger charge is -2.07. The highest BCUT2D eigenvalue weighted by atomic mass is 32.2. The van der Waals surface area contributed by atoms with Crippen LogP contribution in [0.4, 0.5) is 0 Å². The number of sulfonamides is 1. The lowest BCUT2D eigenvalue weighted by Crippen LogP contribution is -2.34. The lowest BCUT2D eigenvalue weighted by atomic mass is 10.1. The van der Waals surface area contributed by atoms with Crippen molar-refractivity contribution in [2.75, 3.05) is 13.1 Å². The fraction of sp³-hybridized carbons (Fsp3) is 0.250. The third kappa shape index (κ3) is 6.07. The Kier molecular flexibility index (Phi) is 6.42. The average Bonchev–Trinajstić information content (AvgIpc) is 2.57. The molecule has 128 valence electrons. The molecule has 24 heavy (non-hydrogen) atoms. The molecule has 2 aromatic rings. The van der Waals surface area contributed by atoms with E-state index in [0.717, 1.165) is 11.3 Å². The third-order valence-corrected chi connectivity index (χ3v) is 4.25. The molecule has 0 spiro atoms. The Labute approximate surface area is 141 Å². The van der Waals surface area contributed by atoms with Gasteiger partial charge in [0.2, 0.25) is 15.9 Å². The number of amides is 1. The summed E-state index contributed by atoms with van der Waals surface area (Å²) in [4.78, 5) is 15.9. The van der Waals surface area contributed by atoms with Gasteiger partial charge < -0.3 is 10.6 Å². The Balaban J connectivity index is 1.66. The molecule has 0 unspecified atom stereocenters. The van der Waals surface area contributed by atoms with E-state index in [9.17, 15) is 13.2 Å². The number of rotatable bonds is 8. The summed E-state index contributed by atoms with van der Waals surface area (Å²) < 4.78 is 22.3. The molecular formula is C16H20N4O3S. The summed E-state index contributed by atoms with van der Waals surface area (Å²) in [5, 5.41) is 10.9. The number of benzene rings is 1. The second-order valence-electron chi connectivity index (χ2n) is 5.21. The third-order valence-electron chi connectivity index (χ3n) is 3.32. The summed E-state index contributed by atoms with van der Waals surface area (Å²) in [6, 6.07) is 11.9. The first-order valence-electron chi connectivity index (χ1n) is 7.44. The quantitative estimate of drug-likeness (QED) is 0.589. The van der Waals surface area contributed by atoms with Gasteiger partial charge in [0, 0.05) is 6.20 Å². The molecule has 8 heteroatoms. The molecule has 0 aliphatic rings. The Morgan fingerprint density at radius 2 is 1.88 bits per heavy atom. The van der Waals surface area contributed by atoms with Gasteiger partial charge in [0.25, 0.3) is 0 Å². The zero-order chi connectivity index (χ0) is 17.4. The molecule has 0 aliphatic carbocycles. The van der Waals surface area contributed by atoms with Crippen LogP contribution in [0.25, 0.3) is 0 Å². The van der Waals surface area contributed by atoms with E-state index in [4.69, 9.17) is 5.14 Å². The summed E-state index contributed by atoms with van der Waals surface area (Å²) in [5.41, 5.74) is 1.77. The van der Waals surface area contributed by atoms with E-state index < -0.39 is 10.0 Å². The number of nitrogens with zero attached hydrogens (tertiary/aromatic N) is 1. The Hall–Kier alpha value is -2.29. The van der Waals surface area contributed by atoms with Crippen molar-refractivity contribution in [2.24, 2.45) is 5.14 Å². The van der Waals surface area contributed by atoms with Crippen molar-refractivity contribution < 1.29 is 13.2 Å². The highest BCUT2D eigenvalue weighted by Gasteiger charge is 2.06. The topological polar surface area (TPSA) is 114 Å². The van der Waals surface area contributed by atoms with E-state index in [1.807, 2.05) is 18.2 Å². The fourth-order valence-electron chi connectivity index (χ4n) is 2.03. The number of primary sulfonamides is 1. The van der Waals surface area contributed by atoms with Gasteiger partial charge in [0.05, 0.1) is 23.7 Å². The Bertz CT molecular complexity index is 762. The second-order valence-corrected chi connectivity index (χ2v) is 6.77. The van der Waals surface area contributed by atoms with Gasteiger partial charge in [-0.1, -0.05) is 18.2 Å².